The molecule has 6 aromatic rings. The molecule has 0 saturated carbocycles. The predicted molar refractivity (Wildman–Crippen MR) is 171 cm³/mol. The van der Waals surface area contributed by atoms with Gasteiger partial charge in [-0.25, -0.2) is 0 Å². The summed E-state index contributed by atoms with van der Waals surface area (Å²) < 4.78 is 30.9. The van der Waals surface area contributed by atoms with E-state index in [0.717, 1.165) is 32.3 Å². The Bertz CT molecular complexity index is 1620. The molecule has 40 heavy (non-hydrogen) atoms. The van der Waals surface area contributed by atoms with Gasteiger partial charge in [-0.05, 0) is 29.3 Å². The van der Waals surface area contributed by atoms with Crippen molar-refractivity contribution in [3.05, 3.63) is 170 Å². The van der Waals surface area contributed by atoms with Crippen LogP contribution in [0.25, 0.3) is 11.1 Å². The van der Waals surface area contributed by atoms with Gasteiger partial charge in [0.15, 0.2) is 14.3 Å². The fourth-order valence-corrected chi connectivity index (χ4v) is 10.7. The molecule has 0 saturated heterocycles. The molecule has 2 nitrogen and oxygen atoms in total. The first-order valence-electron chi connectivity index (χ1n) is 13.2. The standard InChI is InChI=1S/C36H28O2P2/c37-39(31-18-8-2-9-19-31,32-20-10-3-11-21-32)35-26-30(29-16-6-1-7-17-29)27-36(28-35)40(38,33-22-12-4-13-23-33)34-24-14-5-15-25-34/h1-28H. The second-order valence-electron chi connectivity index (χ2n) is 9.66. The van der Waals surface area contributed by atoms with Crippen LogP contribution in [0.1, 0.15) is 0 Å². The first kappa shape index (κ1) is 26.0. The summed E-state index contributed by atoms with van der Waals surface area (Å²) in [5.74, 6) is 0. The molecule has 0 aliphatic rings. The Hall–Kier alpha value is -4.22. The van der Waals surface area contributed by atoms with Gasteiger partial charge < -0.3 is 9.13 Å². The summed E-state index contributed by atoms with van der Waals surface area (Å²) >= 11 is 0. The van der Waals surface area contributed by atoms with E-state index in [4.69, 9.17) is 0 Å². The Morgan fingerprint density at radius 2 is 0.550 bits per heavy atom. The lowest BCUT2D eigenvalue weighted by Crippen LogP contribution is -2.30. The largest absolute Gasteiger partial charge is 0.309 e. The zero-order chi connectivity index (χ0) is 27.4. The maximum atomic E-state index is 15.5. The van der Waals surface area contributed by atoms with Crippen LogP contribution < -0.4 is 31.8 Å². The second-order valence-corrected chi connectivity index (χ2v) is 15.2. The third-order valence-corrected chi connectivity index (χ3v) is 13.3. The highest BCUT2D eigenvalue weighted by Gasteiger charge is 2.35. The maximum Gasteiger partial charge on any atom is 0.171 e. The number of hydrogen-bond donors (Lipinski definition) is 0. The molecule has 0 aliphatic heterocycles. The normalized spacial score (nSPS) is 11.7. The van der Waals surface area contributed by atoms with Crippen LogP contribution in [0.4, 0.5) is 0 Å². The van der Waals surface area contributed by atoms with Crippen molar-refractivity contribution in [3.63, 3.8) is 0 Å². The van der Waals surface area contributed by atoms with Gasteiger partial charge in [-0.3, -0.25) is 0 Å². The van der Waals surface area contributed by atoms with E-state index in [-0.39, 0.29) is 0 Å². The van der Waals surface area contributed by atoms with E-state index in [1.54, 1.807) is 0 Å². The average Bonchev–Trinajstić information content (AvgIpc) is 3.06. The fourth-order valence-electron chi connectivity index (χ4n) is 5.20. The third kappa shape index (κ3) is 4.71. The monoisotopic (exact) mass is 554 g/mol. The summed E-state index contributed by atoms with van der Waals surface area (Å²) in [4.78, 5) is 0. The van der Waals surface area contributed by atoms with Crippen molar-refractivity contribution in [2.45, 2.75) is 0 Å². The van der Waals surface area contributed by atoms with Crippen LogP contribution in [0, 0.1) is 0 Å². The highest BCUT2D eigenvalue weighted by Crippen LogP contribution is 2.47. The lowest BCUT2D eigenvalue weighted by Gasteiger charge is -2.25. The van der Waals surface area contributed by atoms with Gasteiger partial charge >= 0.3 is 0 Å². The van der Waals surface area contributed by atoms with Crippen molar-refractivity contribution in [1.82, 2.24) is 0 Å². The van der Waals surface area contributed by atoms with Gasteiger partial charge in [0, 0.05) is 31.8 Å². The van der Waals surface area contributed by atoms with Crippen molar-refractivity contribution >= 4 is 46.1 Å². The zero-order valence-corrected chi connectivity index (χ0v) is 23.7. The van der Waals surface area contributed by atoms with Gasteiger partial charge in [0.25, 0.3) is 0 Å². The van der Waals surface area contributed by atoms with E-state index in [1.807, 2.05) is 170 Å². The number of rotatable bonds is 7. The molecule has 0 unspecified atom stereocenters. The highest BCUT2D eigenvalue weighted by atomic mass is 31.2. The Kier molecular flexibility index (Phi) is 7.23. The van der Waals surface area contributed by atoms with E-state index in [2.05, 4.69) is 0 Å². The van der Waals surface area contributed by atoms with Gasteiger partial charge in [0.05, 0.1) is 0 Å². The summed E-state index contributed by atoms with van der Waals surface area (Å²) in [6.45, 7) is 0. The Morgan fingerprint density at radius 1 is 0.275 bits per heavy atom. The Morgan fingerprint density at radius 3 is 0.850 bits per heavy atom. The SMILES string of the molecule is O=P(c1ccccc1)(c1ccccc1)c1cc(-c2ccccc2)cc(P(=O)(c2ccccc2)c2ccccc2)c1. The van der Waals surface area contributed by atoms with Gasteiger partial charge in [-0.15, -0.1) is 0 Å². The fraction of sp³-hybridized carbons (Fsp3) is 0. The molecule has 0 bridgehead atoms. The van der Waals surface area contributed by atoms with E-state index < -0.39 is 14.3 Å². The lowest BCUT2D eigenvalue weighted by atomic mass is 10.1. The molecule has 0 atom stereocenters. The minimum Gasteiger partial charge on any atom is -0.309 e. The van der Waals surface area contributed by atoms with Gasteiger partial charge in [0.2, 0.25) is 0 Å². The average molecular weight is 555 g/mol. The van der Waals surface area contributed by atoms with Crippen molar-refractivity contribution in [2.24, 2.45) is 0 Å². The van der Waals surface area contributed by atoms with Crippen molar-refractivity contribution < 1.29 is 9.13 Å². The second kappa shape index (κ2) is 11.1. The van der Waals surface area contributed by atoms with Crippen LogP contribution in [0.15, 0.2) is 170 Å². The molecular weight excluding hydrogens is 526 g/mol. The first-order valence-corrected chi connectivity index (χ1v) is 16.7. The summed E-state index contributed by atoms with van der Waals surface area (Å²) in [5, 5.41) is 4.29. The Balaban J connectivity index is 1.71. The van der Waals surface area contributed by atoms with Crippen molar-refractivity contribution in [1.29, 1.82) is 0 Å². The van der Waals surface area contributed by atoms with Gasteiger partial charge in [-0.1, -0.05) is 152 Å². The lowest BCUT2D eigenvalue weighted by molar-refractivity contribution is 0.592. The molecule has 0 radical (unpaired) electrons. The van der Waals surface area contributed by atoms with Gasteiger partial charge in [0.1, 0.15) is 0 Å². The van der Waals surface area contributed by atoms with Gasteiger partial charge in [-0.2, -0.15) is 0 Å². The summed E-state index contributed by atoms with van der Waals surface area (Å²) in [5.41, 5.74) is 1.86. The molecule has 4 heteroatoms. The topological polar surface area (TPSA) is 34.1 Å². The van der Waals surface area contributed by atoms with E-state index in [0.29, 0.717) is 10.6 Å². The van der Waals surface area contributed by atoms with Crippen LogP contribution in [0.3, 0.4) is 0 Å². The minimum absolute atomic E-state index is 0.661. The molecule has 0 aromatic heterocycles. The van der Waals surface area contributed by atoms with Crippen LogP contribution >= 0.6 is 14.3 Å². The molecule has 0 spiro atoms. The first-order chi connectivity index (χ1) is 19.6. The highest BCUT2D eigenvalue weighted by molar-refractivity contribution is 7.86. The molecule has 6 rings (SSSR count). The molecule has 0 fully saturated rings. The Labute approximate surface area is 235 Å². The minimum atomic E-state index is -3.32. The van der Waals surface area contributed by atoms with Crippen LogP contribution in [0.5, 0.6) is 0 Å². The molecule has 6 aromatic carbocycles. The van der Waals surface area contributed by atoms with Crippen molar-refractivity contribution in [2.75, 3.05) is 0 Å². The zero-order valence-electron chi connectivity index (χ0n) is 21.9. The van der Waals surface area contributed by atoms with E-state index in [9.17, 15) is 0 Å². The quantitative estimate of drug-likeness (QED) is 0.208. The van der Waals surface area contributed by atoms with E-state index in [1.165, 1.54) is 0 Å². The van der Waals surface area contributed by atoms with Crippen molar-refractivity contribution in [3.8, 4) is 11.1 Å². The number of benzene rings is 6. The van der Waals surface area contributed by atoms with Crippen LogP contribution in [-0.2, 0) is 9.13 Å². The summed E-state index contributed by atoms with van der Waals surface area (Å²) in [6.07, 6.45) is 0. The molecule has 0 aliphatic carbocycles. The molecule has 194 valence electrons. The maximum absolute atomic E-state index is 15.5. The number of hydrogen-bond acceptors (Lipinski definition) is 2. The summed E-state index contributed by atoms with van der Waals surface area (Å²) in [6, 6.07) is 54.5. The smallest absolute Gasteiger partial charge is 0.171 e. The molecule has 0 amide bonds. The third-order valence-electron chi connectivity index (χ3n) is 7.22. The molecular formula is C36H28O2P2. The van der Waals surface area contributed by atoms with Crippen LogP contribution in [0.2, 0.25) is 0 Å². The predicted octanol–water partition coefficient (Wildman–Crippen LogP) is 6.63. The summed E-state index contributed by atoms with van der Waals surface area (Å²) in [7, 11) is -6.65. The molecule has 0 N–H and O–H groups in total. The van der Waals surface area contributed by atoms with E-state index >= 15 is 9.13 Å². The molecule has 0 heterocycles. The van der Waals surface area contributed by atoms with Crippen LogP contribution in [-0.4, -0.2) is 0 Å².